The van der Waals surface area contributed by atoms with Crippen LogP contribution in [-0.4, -0.2) is 22.8 Å². The molecule has 1 unspecified atom stereocenters. The summed E-state index contributed by atoms with van der Waals surface area (Å²) in [4.78, 5) is 28.5. The van der Waals surface area contributed by atoms with E-state index in [1.807, 2.05) is 54.6 Å². The quantitative estimate of drug-likeness (QED) is 0.692. The van der Waals surface area contributed by atoms with Gasteiger partial charge in [0.25, 0.3) is 0 Å². The second-order valence-electron chi connectivity index (χ2n) is 5.45. The van der Waals surface area contributed by atoms with Crippen LogP contribution >= 0.6 is 11.3 Å². The predicted molar refractivity (Wildman–Crippen MR) is 101 cm³/mol. The molecule has 2 N–H and O–H groups in total. The lowest BCUT2D eigenvalue weighted by Crippen LogP contribution is -2.40. The average Bonchev–Trinajstić information content (AvgIpc) is 3.03. The van der Waals surface area contributed by atoms with Crippen LogP contribution in [0.4, 0.5) is 5.13 Å². The molecule has 0 radical (unpaired) electrons. The van der Waals surface area contributed by atoms with Crippen molar-refractivity contribution < 1.29 is 9.59 Å². The minimum absolute atomic E-state index is 0.305. The molecule has 1 heterocycles. The molecule has 0 aliphatic rings. The van der Waals surface area contributed by atoms with Crippen LogP contribution in [0.3, 0.4) is 0 Å². The molecule has 1 aromatic heterocycles. The van der Waals surface area contributed by atoms with Crippen molar-refractivity contribution in [2.24, 2.45) is 0 Å². The number of nitrogens with zero attached hydrogens (tertiary/aromatic N) is 1. The molecule has 0 saturated carbocycles. The number of aromatic nitrogens is 1. The number of carbonyl (C=O) groups is 2. The Morgan fingerprint density at radius 1 is 1.08 bits per heavy atom. The summed E-state index contributed by atoms with van der Waals surface area (Å²) in [5, 5.41) is 5.90. The van der Waals surface area contributed by atoms with E-state index >= 15 is 0 Å². The first kappa shape index (κ1) is 16.9. The average molecular weight is 351 g/mol. The maximum Gasteiger partial charge on any atom is 0.248 e. The number of hydrogen-bond acceptors (Lipinski definition) is 4. The van der Waals surface area contributed by atoms with Crippen LogP contribution in [0.2, 0.25) is 0 Å². The number of para-hydroxylation sites is 1. The first-order valence-corrected chi connectivity index (χ1v) is 8.63. The molecule has 0 spiro atoms. The number of carbonyl (C=O) groups excluding carboxylic acids is 2. The number of anilines is 1. The van der Waals surface area contributed by atoms with Crippen molar-refractivity contribution in [1.82, 2.24) is 10.3 Å². The topological polar surface area (TPSA) is 71.1 Å². The molecule has 0 aliphatic carbocycles. The number of thiazole rings is 1. The zero-order valence-corrected chi connectivity index (χ0v) is 14.4. The zero-order chi connectivity index (χ0) is 17.6. The Labute approximate surface area is 149 Å². The Morgan fingerprint density at radius 3 is 2.56 bits per heavy atom. The maximum atomic E-state index is 12.2. The normalized spacial score (nSPS) is 12.2. The van der Waals surface area contributed by atoms with Crippen LogP contribution < -0.4 is 10.6 Å². The van der Waals surface area contributed by atoms with Gasteiger partial charge in [-0.3, -0.25) is 9.59 Å². The highest BCUT2D eigenvalue weighted by Crippen LogP contribution is 2.25. The van der Waals surface area contributed by atoms with Crippen LogP contribution in [0.25, 0.3) is 16.3 Å². The van der Waals surface area contributed by atoms with E-state index in [-0.39, 0.29) is 11.8 Å². The highest BCUT2D eigenvalue weighted by molar-refractivity contribution is 7.22. The van der Waals surface area contributed by atoms with E-state index in [9.17, 15) is 9.59 Å². The molecule has 2 amide bonds. The molecule has 126 valence electrons. The fourth-order valence-corrected chi connectivity index (χ4v) is 3.07. The van der Waals surface area contributed by atoms with Crippen LogP contribution in [0.1, 0.15) is 12.5 Å². The Bertz CT molecular complexity index is 886. The molecule has 25 heavy (non-hydrogen) atoms. The van der Waals surface area contributed by atoms with Gasteiger partial charge in [-0.25, -0.2) is 4.98 Å². The third kappa shape index (κ3) is 4.51. The van der Waals surface area contributed by atoms with Crippen LogP contribution in [0.15, 0.2) is 60.7 Å². The van der Waals surface area contributed by atoms with Crippen molar-refractivity contribution >= 4 is 44.6 Å². The number of amides is 2. The van der Waals surface area contributed by atoms with Gasteiger partial charge in [-0.05, 0) is 30.7 Å². The maximum absolute atomic E-state index is 12.2. The van der Waals surface area contributed by atoms with Gasteiger partial charge >= 0.3 is 0 Å². The standard InChI is InChI=1S/C19H17N3O2S/c1-13(20-17(23)12-11-14-7-3-2-4-8-14)18(24)22-19-21-15-9-5-6-10-16(15)25-19/h2-13H,1H3,(H,20,23)(H,21,22,24)/b12-11+. The van der Waals surface area contributed by atoms with Gasteiger partial charge in [-0.2, -0.15) is 0 Å². The number of hydrogen-bond donors (Lipinski definition) is 2. The van der Waals surface area contributed by atoms with Crippen molar-refractivity contribution in [2.75, 3.05) is 5.32 Å². The monoisotopic (exact) mass is 351 g/mol. The number of benzene rings is 2. The van der Waals surface area contributed by atoms with E-state index in [0.717, 1.165) is 15.8 Å². The smallest absolute Gasteiger partial charge is 0.248 e. The highest BCUT2D eigenvalue weighted by atomic mass is 32.1. The summed E-state index contributed by atoms with van der Waals surface area (Å²) in [7, 11) is 0. The molecular weight excluding hydrogens is 334 g/mol. The van der Waals surface area contributed by atoms with Gasteiger partial charge in [-0.1, -0.05) is 53.8 Å². The molecule has 0 saturated heterocycles. The van der Waals surface area contributed by atoms with Gasteiger partial charge in [0.1, 0.15) is 6.04 Å². The largest absolute Gasteiger partial charge is 0.341 e. The van der Waals surface area contributed by atoms with E-state index in [2.05, 4.69) is 15.6 Å². The molecular formula is C19H17N3O2S. The van der Waals surface area contributed by atoms with Gasteiger partial charge in [-0.15, -0.1) is 0 Å². The molecule has 0 aliphatic heterocycles. The van der Waals surface area contributed by atoms with Crippen LogP contribution in [0.5, 0.6) is 0 Å². The van der Waals surface area contributed by atoms with Crippen molar-refractivity contribution in [1.29, 1.82) is 0 Å². The van der Waals surface area contributed by atoms with E-state index in [0.29, 0.717) is 5.13 Å². The summed E-state index contributed by atoms with van der Waals surface area (Å²) in [5.41, 5.74) is 1.76. The lowest BCUT2D eigenvalue weighted by atomic mass is 10.2. The van der Waals surface area contributed by atoms with Crippen LogP contribution in [-0.2, 0) is 9.59 Å². The first-order chi connectivity index (χ1) is 12.1. The van der Waals surface area contributed by atoms with Gasteiger partial charge in [0.05, 0.1) is 10.2 Å². The van der Waals surface area contributed by atoms with E-state index in [4.69, 9.17) is 0 Å². The molecule has 2 aromatic carbocycles. The molecule has 6 heteroatoms. The zero-order valence-electron chi connectivity index (χ0n) is 13.6. The summed E-state index contributed by atoms with van der Waals surface area (Å²) >= 11 is 1.40. The Morgan fingerprint density at radius 2 is 1.80 bits per heavy atom. The third-order valence-electron chi connectivity index (χ3n) is 3.50. The molecule has 3 aromatic rings. The summed E-state index contributed by atoms with van der Waals surface area (Å²) in [5.74, 6) is -0.628. The third-order valence-corrected chi connectivity index (χ3v) is 4.45. The number of nitrogens with one attached hydrogen (secondary N) is 2. The molecule has 0 fully saturated rings. The number of rotatable bonds is 5. The van der Waals surface area contributed by atoms with Gasteiger partial charge in [0.15, 0.2) is 5.13 Å². The SMILES string of the molecule is CC(NC(=O)/C=C/c1ccccc1)C(=O)Nc1nc2ccccc2s1. The predicted octanol–water partition coefficient (Wildman–Crippen LogP) is 3.45. The second-order valence-corrected chi connectivity index (χ2v) is 6.48. The first-order valence-electron chi connectivity index (χ1n) is 7.82. The molecule has 3 rings (SSSR count). The summed E-state index contributed by atoms with van der Waals surface area (Å²) in [6, 6.07) is 16.5. The molecule has 5 nitrogen and oxygen atoms in total. The fourth-order valence-electron chi connectivity index (χ4n) is 2.20. The Balaban J connectivity index is 1.56. The van der Waals surface area contributed by atoms with Crippen molar-refractivity contribution in [3.8, 4) is 0 Å². The second kappa shape index (κ2) is 7.72. The van der Waals surface area contributed by atoms with Gasteiger partial charge in [0.2, 0.25) is 11.8 Å². The van der Waals surface area contributed by atoms with Crippen LogP contribution in [0, 0.1) is 0 Å². The lowest BCUT2D eigenvalue weighted by molar-refractivity contribution is -0.123. The Kier molecular flexibility index (Phi) is 5.20. The van der Waals surface area contributed by atoms with E-state index in [1.54, 1.807) is 13.0 Å². The van der Waals surface area contributed by atoms with Gasteiger partial charge in [0, 0.05) is 6.08 Å². The van der Waals surface area contributed by atoms with Crippen molar-refractivity contribution in [2.45, 2.75) is 13.0 Å². The summed E-state index contributed by atoms with van der Waals surface area (Å²) < 4.78 is 1.00. The van der Waals surface area contributed by atoms with Gasteiger partial charge < -0.3 is 10.6 Å². The molecule has 1 atom stereocenters. The van der Waals surface area contributed by atoms with Crippen molar-refractivity contribution in [3.63, 3.8) is 0 Å². The summed E-state index contributed by atoms with van der Waals surface area (Å²) in [6.07, 6.45) is 3.12. The Hall–Kier alpha value is -2.99. The minimum atomic E-state index is -0.667. The van der Waals surface area contributed by atoms with E-state index in [1.165, 1.54) is 17.4 Å². The minimum Gasteiger partial charge on any atom is -0.341 e. The number of fused-ring (bicyclic) bond motifs is 1. The van der Waals surface area contributed by atoms with Crippen molar-refractivity contribution in [3.05, 3.63) is 66.2 Å². The fraction of sp³-hybridized carbons (Fsp3) is 0.105. The molecule has 0 bridgehead atoms. The highest BCUT2D eigenvalue weighted by Gasteiger charge is 2.16. The summed E-state index contributed by atoms with van der Waals surface area (Å²) in [6.45, 7) is 1.64. The lowest BCUT2D eigenvalue weighted by Gasteiger charge is -2.11. The van der Waals surface area contributed by atoms with E-state index < -0.39 is 6.04 Å².